The molecule has 2 nitrogen and oxygen atoms in total. The van der Waals surface area contributed by atoms with Crippen molar-refractivity contribution in [2.75, 3.05) is 7.11 Å². The molecule has 1 aromatic carbocycles. The van der Waals surface area contributed by atoms with Crippen molar-refractivity contribution >= 4 is 21.4 Å². The average molecular weight is 248 g/mol. The van der Waals surface area contributed by atoms with Crippen LogP contribution in [0.25, 0.3) is 10.1 Å². The lowest BCUT2D eigenvalue weighted by molar-refractivity contribution is 0.415. The summed E-state index contributed by atoms with van der Waals surface area (Å²) in [4.78, 5) is 13.2. The molecule has 90 valence electrons. The van der Waals surface area contributed by atoms with Crippen LogP contribution in [0.4, 0.5) is 0 Å². The van der Waals surface area contributed by atoms with E-state index in [0.717, 1.165) is 20.7 Å². The highest BCUT2D eigenvalue weighted by Crippen LogP contribution is 2.30. The molecular formula is C14H16O2S. The quantitative estimate of drug-likeness (QED) is 0.771. The molecule has 0 amide bonds. The van der Waals surface area contributed by atoms with Crippen molar-refractivity contribution in [3.8, 4) is 5.75 Å². The minimum absolute atomic E-state index is 0.0118. The third-order valence-electron chi connectivity index (χ3n) is 2.67. The molecule has 0 aliphatic rings. The van der Waals surface area contributed by atoms with Gasteiger partial charge in [-0.1, -0.05) is 20.8 Å². The Hall–Kier alpha value is -1.35. The topological polar surface area (TPSA) is 26.3 Å². The van der Waals surface area contributed by atoms with Crippen LogP contribution in [-0.4, -0.2) is 7.11 Å². The molecule has 0 aliphatic heterocycles. The van der Waals surface area contributed by atoms with E-state index >= 15 is 0 Å². The van der Waals surface area contributed by atoms with E-state index in [1.807, 2.05) is 12.1 Å². The second kappa shape index (κ2) is 4.15. The van der Waals surface area contributed by atoms with Crippen LogP contribution in [0.1, 0.15) is 25.6 Å². The van der Waals surface area contributed by atoms with E-state index < -0.39 is 0 Å². The molecule has 0 unspecified atom stereocenters. The third-order valence-corrected chi connectivity index (χ3v) is 4.20. The lowest BCUT2D eigenvalue weighted by Crippen LogP contribution is -2.13. The van der Waals surface area contributed by atoms with Gasteiger partial charge in [0.25, 0.3) is 0 Å². The maximum Gasteiger partial charge on any atom is 0.188 e. The van der Waals surface area contributed by atoms with Gasteiger partial charge in [-0.25, -0.2) is 0 Å². The number of methoxy groups -OCH3 is 1. The number of fused-ring (bicyclic) bond motifs is 1. The minimum atomic E-state index is 0.0118. The molecule has 2 rings (SSSR count). The van der Waals surface area contributed by atoms with Crippen LogP contribution in [0.5, 0.6) is 5.75 Å². The van der Waals surface area contributed by atoms with Gasteiger partial charge in [-0.3, -0.25) is 4.79 Å². The van der Waals surface area contributed by atoms with Crippen LogP contribution < -0.4 is 10.2 Å². The summed E-state index contributed by atoms with van der Waals surface area (Å²) in [6.45, 7) is 6.36. The molecule has 0 N–H and O–H groups in total. The summed E-state index contributed by atoms with van der Waals surface area (Å²) < 4.78 is 6.16. The van der Waals surface area contributed by atoms with E-state index in [0.29, 0.717) is 0 Å². The average Bonchev–Trinajstić information content (AvgIpc) is 2.27. The molecule has 0 saturated carbocycles. The third kappa shape index (κ3) is 2.34. The largest absolute Gasteiger partial charge is 0.497 e. The number of ether oxygens (including phenoxy) is 1. The zero-order chi connectivity index (χ0) is 12.6. The first-order valence-corrected chi connectivity index (χ1v) is 6.36. The van der Waals surface area contributed by atoms with Crippen LogP contribution in [0.15, 0.2) is 29.1 Å². The summed E-state index contributed by atoms with van der Waals surface area (Å²) in [5, 5.41) is 0.738. The maximum atomic E-state index is 12.1. The highest BCUT2D eigenvalue weighted by atomic mass is 32.1. The maximum absolute atomic E-state index is 12.1. The fourth-order valence-electron chi connectivity index (χ4n) is 1.63. The molecule has 0 fully saturated rings. The molecule has 0 atom stereocenters. The van der Waals surface area contributed by atoms with Gasteiger partial charge in [-0.05, 0) is 29.7 Å². The Kier molecular flexibility index (Phi) is 2.96. The Morgan fingerprint density at radius 3 is 2.47 bits per heavy atom. The van der Waals surface area contributed by atoms with Crippen molar-refractivity contribution in [3.05, 3.63) is 39.4 Å². The summed E-state index contributed by atoms with van der Waals surface area (Å²) >= 11 is 1.67. The van der Waals surface area contributed by atoms with Crippen molar-refractivity contribution in [1.29, 1.82) is 0 Å². The molecule has 2 aromatic rings. The van der Waals surface area contributed by atoms with Crippen LogP contribution in [-0.2, 0) is 5.41 Å². The fraction of sp³-hybridized carbons (Fsp3) is 0.357. The zero-order valence-corrected chi connectivity index (χ0v) is 11.4. The summed E-state index contributed by atoms with van der Waals surface area (Å²) in [6.07, 6.45) is 0. The summed E-state index contributed by atoms with van der Waals surface area (Å²) in [5.41, 5.74) is 0.0837. The van der Waals surface area contributed by atoms with E-state index in [2.05, 4.69) is 20.8 Å². The highest BCUT2D eigenvalue weighted by molar-refractivity contribution is 7.18. The molecule has 0 bridgehead atoms. The van der Waals surface area contributed by atoms with E-state index in [9.17, 15) is 4.79 Å². The molecule has 0 spiro atoms. The van der Waals surface area contributed by atoms with Crippen molar-refractivity contribution in [2.45, 2.75) is 26.2 Å². The first kappa shape index (κ1) is 12.1. The second-order valence-electron chi connectivity index (χ2n) is 5.09. The van der Waals surface area contributed by atoms with E-state index in [1.54, 1.807) is 30.6 Å². The van der Waals surface area contributed by atoms with Crippen LogP contribution in [0, 0.1) is 0 Å². The van der Waals surface area contributed by atoms with Crippen LogP contribution in [0.2, 0.25) is 0 Å². The van der Waals surface area contributed by atoms with E-state index in [4.69, 9.17) is 4.74 Å². The zero-order valence-electron chi connectivity index (χ0n) is 10.5. The standard InChI is InChI=1S/C14H16O2S/c1-14(2,3)13-8-11(15)10-7-9(16-4)5-6-12(10)17-13/h5-8H,1-4H3. The SMILES string of the molecule is COc1ccc2sc(C(C)(C)C)cc(=O)c2c1. The molecule has 0 saturated heterocycles. The van der Waals surface area contributed by atoms with Gasteiger partial charge in [0.2, 0.25) is 0 Å². The Morgan fingerprint density at radius 1 is 1.18 bits per heavy atom. The van der Waals surface area contributed by atoms with Crippen LogP contribution in [0.3, 0.4) is 0 Å². The Balaban J connectivity index is 2.73. The van der Waals surface area contributed by atoms with Gasteiger partial charge in [0.05, 0.1) is 7.11 Å². The van der Waals surface area contributed by atoms with Gasteiger partial charge in [0.15, 0.2) is 5.43 Å². The Morgan fingerprint density at radius 2 is 1.88 bits per heavy atom. The van der Waals surface area contributed by atoms with Crippen molar-refractivity contribution in [3.63, 3.8) is 0 Å². The van der Waals surface area contributed by atoms with Crippen molar-refractivity contribution in [1.82, 2.24) is 0 Å². The van der Waals surface area contributed by atoms with Gasteiger partial charge in [0, 0.05) is 15.0 Å². The lowest BCUT2D eigenvalue weighted by Gasteiger charge is -2.18. The van der Waals surface area contributed by atoms with Crippen LogP contribution >= 0.6 is 11.3 Å². The molecule has 1 heterocycles. The molecule has 3 heteroatoms. The summed E-state index contributed by atoms with van der Waals surface area (Å²) in [7, 11) is 1.61. The molecule has 0 radical (unpaired) electrons. The Bertz CT molecular complexity index is 606. The number of benzene rings is 1. The Labute approximate surface area is 105 Å². The smallest absolute Gasteiger partial charge is 0.188 e. The molecule has 0 aliphatic carbocycles. The summed E-state index contributed by atoms with van der Waals surface area (Å²) in [6, 6.07) is 7.40. The van der Waals surface area contributed by atoms with Crippen molar-refractivity contribution in [2.24, 2.45) is 0 Å². The van der Waals surface area contributed by atoms with Gasteiger partial charge in [-0.2, -0.15) is 0 Å². The van der Waals surface area contributed by atoms with Gasteiger partial charge < -0.3 is 4.74 Å². The predicted octanol–water partition coefficient (Wildman–Crippen LogP) is 3.57. The first-order valence-electron chi connectivity index (χ1n) is 5.54. The monoisotopic (exact) mass is 248 g/mol. The van der Waals surface area contributed by atoms with Gasteiger partial charge in [0.1, 0.15) is 5.75 Å². The normalized spacial score (nSPS) is 11.8. The number of hydrogen-bond donors (Lipinski definition) is 0. The lowest BCUT2D eigenvalue weighted by atomic mass is 9.94. The van der Waals surface area contributed by atoms with Crippen molar-refractivity contribution < 1.29 is 4.74 Å². The molecule has 1 aromatic heterocycles. The number of rotatable bonds is 1. The molecule has 17 heavy (non-hydrogen) atoms. The fourth-order valence-corrected chi connectivity index (χ4v) is 2.75. The summed E-state index contributed by atoms with van der Waals surface area (Å²) in [5.74, 6) is 0.727. The highest BCUT2D eigenvalue weighted by Gasteiger charge is 2.16. The minimum Gasteiger partial charge on any atom is -0.497 e. The second-order valence-corrected chi connectivity index (χ2v) is 6.17. The van der Waals surface area contributed by atoms with Gasteiger partial charge in [-0.15, -0.1) is 11.3 Å². The molecular weight excluding hydrogens is 232 g/mol. The van der Waals surface area contributed by atoms with E-state index in [1.165, 1.54) is 0 Å². The van der Waals surface area contributed by atoms with E-state index in [-0.39, 0.29) is 10.8 Å². The predicted molar refractivity (Wildman–Crippen MR) is 73.3 cm³/mol. The first-order chi connectivity index (χ1) is 7.91. The number of hydrogen-bond acceptors (Lipinski definition) is 3. The van der Waals surface area contributed by atoms with Gasteiger partial charge >= 0.3 is 0 Å².